The predicted octanol–water partition coefficient (Wildman–Crippen LogP) is 1.32. The minimum atomic E-state index is -0.281. The highest BCUT2D eigenvalue weighted by atomic mass is 16.2. The van der Waals surface area contributed by atoms with E-state index in [2.05, 4.69) is 20.7 Å². The van der Waals surface area contributed by atoms with Gasteiger partial charge in [0.1, 0.15) is 0 Å². The van der Waals surface area contributed by atoms with E-state index < -0.39 is 0 Å². The van der Waals surface area contributed by atoms with E-state index in [9.17, 15) is 9.59 Å². The van der Waals surface area contributed by atoms with Crippen molar-refractivity contribution in [1.29, 1.82) is 0 Å². The number of H-pyrrole nitrogens is 1. The van der Waals surface area contributed by atoms with Crippen LogP contribution in [0.2, 0.25) is 0 Å². The Kier molecular flexibility index (Phi) is 5.56. The van der Waals surface area contributed by atoms with Crippen LogP contribution >= 0.6 is 0 Å². The van der Waals surface area contributed by atoms with Gasteiger partial charge < -0.3 is 15.6 Å². The average Bonchev–Trinajstić information content (AvgIpc) is 2.96. The van der Waals surface area contributed by atoms with E-state index in [-0.39, 0.29) is 24.1 Å². The van der Waals surface area contributed by atoms with Crippen molar-refractivity contribution in [3.8, 4) is 0 Å². The molecule has 7 heteroatoms. The van der Waals surface area contributed by atoms with Crippen LogP contribution in [0.1, 0.15) is 23.7 Å². The first-order valence-electron chi connectivity index (χ1n) is 7.64. The lowest BCUT2D eigenvalue weighted by molar-refractivity contribution is 0.238. The van der Waals surface area contributed by atoms with Crippen molar-refractivity contribution in [2.75, 3.05) is 6.54 Å². The molecule has 2 heterocycles. The van der Waals surface area contributed by atoms with Gasteiger partial charge in [-0.05, 0) is 37.5 Å². The molecule has 1 atom stereocenters. The maximum atomic E-state index is 11.9. The standard InChI is InChI=1S/C16H23N5O2/c1-11(10-21-6-4-5-19-21)8-17-16(23)18-9-14-12(2)7-13(3)20-15(14)22/h4-7,11H,8-10H2,1-3H3,(H,20,22)(H2,17,18,23)/t11-/m0/s1. The molecular weight excluding hydrogens is 294 g/mol. The number of carbonyl (C=O) groups is 1. The van der Waals surface area contributed by atoms with Gasteiger partial charge in [-0.1, -0.05) is 6.92 Å². The fraction of sp³-hybridized carbons (Fsp3) is 0.438. The third kappa shape index (κ3) is 4.98. The summed E-state index contributed by atoms with van der Waals surface area (Å²) in [7, 11) is 0. The summed E-state index contributed by atoms with van der Waals surface area (Å²) in [6, 6.07) is 3.48. The Morgan fingerprint density at radius 1 is 1.39 bits per heavy atom. The Morgan fingerprint density at radius 2 is 2.17 bits per heavy atom. The summed E-state index contributed by atoms with van der Waals surface area (Å²) in [4.78, 5) is 26.5. The molecule has 124 valence electrons. The minimum Gasteiger partial charge on any atom is -0.338 e. The Labute approximate surface area is 135 Å². The number of hydrogen-bond donors (Lipinski definition) is 3. The van der Waals surface area contributed by atoms with Crippen LogP contribution in [-0.4, -0.2) is 27.3 Å². The summed E-state index contributed by atoms with van der Waals surface area (Å²) in [5.74, 6) is 0.255. The molecule has 0 radical (unpaired) electrons. The van der Waals surface area contributed by atoms with E-state index in [1.54, 1.807) is 6.20 Å². The SMILES string of the molecule is Cc1cc(C)c(CNC(=O)NC[C@H](C)Cn2cccn2)c(=O)[nH]1. The van der Waals surface area contributed by atoms with Gasteiger partial charge in [0.15, 0.2) is 0 Å². The molecular formula is C16H23N5O2. The Morgan fingerprint density at radius 3 is 2.83 bits per heavy atom. The van der Waals surface area contributed by atoms with Crippen LogP contribution in [0.15, 0.2) is 29.3 Å². The van der Waals surface area contributed by atoms with E-state index in [0.717, 1.165) is 17.8 Å². The molecule has 2 aromatic heterocycles. The molecule has 23 heavy (non-hydrogen) atoms. The molecule has 0 saturated carbocycles. The maximum absolute atomic E-state index is 11.9. The highest BCUT2D eigenvalue weighted by Crippen LogP contribution is 2.03. The normalized spacial score (nSPS) is 12.0. The number of nitrogens with zero attached hydrogens (tertiary/aromatic N) is 2. The molecule has 2 rings (SSSR count). The number of hydrogen-bond acceptors (Lipinski definition) is 3. The maximum Gasteiger partial charge on any atom is 0.315 e. The molecule has 2 aromatic rings. The zero-order valence-electron chi connectivity index (χ0n) is 13.7. The van der Waals surface area contributed by atoms with Gasteiger partial charge in [-0.25, -0.2) is 4.79 Å². The Bertz CT molecular complexity index is 706. The molecule has 0 fully saturated rings. The van der Waals surface area contributed by atoms with Gasteiger partial charge in [-0.15, -0.1) is 0 Å². The number of aromatic nitrogens is 3. The van der Waals surface area contributed by atoms with Crippen molar-refractivity contribution in [2.45, 2.75) is 33.9 Å². The largest absolute Gasteiger partial charge is 0.338 e. The molecule has 0 unspecified atom stereocenters. The zero-order chi connectivity index (χ0) is 16.8. The highest BCUT2D eigenvalue weighted by Gasteiger charge is 2.09. The number of amides is 2. The lowest BCUT2D eigenvalue weighted by atomic mass is 10.1. The van der Waals surface area contributed by atoms with E-state index in [0.29, 0.717) is 12.1 Å². The summed E-state index contributed by atoms with van der Waals surface area (Å²) in [5, 5.41) is 9.67. The van der Waals surface area contributed by atoms with Crippen molar-refractivity contribution < 1.29 is 4.79 Å². The van der Waals surface area contributed by atoms with Crippen LogP contribution in [0.4, 0.5) is 4.79 Å². The molecule has 2 amide bonds. The fourth-order valence-corrected chi connectivity index (χ4v) is 2.39. The van der Waals surface area contributed by atoms with Gasteiger partial charge in [0.05, 0.1) is 6.54 Å². The van der Waals surface area contributed by atoms with E-state index >= 15 is 0 Å². The fourth-order valence-electron chi connectivity index (χ4n) is 2.39. The summed E-state index contributed by atoms with van der Waals surface area (Å²) in [6.45, 7) is 7.22. The van der Waals surface area contributed by atoms with Gasteiger partial charge in [0.25, 0.3) is 5.56 Å². The Balaban J connectivity index is 1.78. The average molecular weight is 317 g/mol. The van der Waals surface area contributed by atoms with Crippen LogP contribution in [0.5, 0.6) is 0 Å². The molecule has 0 aliphatic carbocycles. The second-order valence-corrected chi connectivity index (χ2v) is 5.84. The van der Waals surface area contributed by atoms with Gasteiger partial charge in [0.2, 0.25) is 0 Å². The van der Waals surface area contributed by atoms with Gasteiger partial charge in [-0.3, -0.25) is 9.48 Å². The third-order valence-electron chi connectivity index (χ3n) is 3.59. The van der Waals surface area contributed by atoms with E-state index in [1.165, 1.54) is 0 Å². The van der Waals surface area contributed by atoms with Crippen molar-refractivity contribution >= 4 is 6.03 Å². The highest BCUT2D eigenvalue weighted by molar-refractivity contribution is 5.73. The first-order chi connectivity index (χ1) is 11.0. The number of urea groups is 1. The third-order valence-corrected chi connectivity index (χ3v) is 3.59. The van der Waals surface area contributed by atoms with Crippen LogP contribution in [-0.2, 0) is 13.1 Å². The molecule has 7 nitrogen and oxygen atoms in total. The number of aromatic amines is 1. The molecule has 0 saturated heterocycles. The van der Waals surface area contributed by atoms with Crippen molar-refractivity contribution in [3.05, 3.63) is 51.7 Å². The number of rotatable bonds is 6. The monoisotopic (exact) mass is 317 g/mol. The van der Waals surface area contributed by atoms with Crippen LogP contribution in [0, 0.1) is 19.8 Å². The Hall–Kier alpha value is -2.57. The van der Waals surface area contributed by atoms with Crippen molar-refractivity contribution in [2.24, 2.45) is 5.92 Å². The quantitative estimate of drug-likeness (QED) is 0.750. The number of aryl methyl sites for hydroxylation is 2. The number of pyridine rings is 1. The first kappa shape index (κ1) is 16.8. The summed E-state index contributed by atoms with van der Waals surface area (Å²) >= 11 is 0. The first-order valence-corrected chi connectivity index (χ1v) is 7.64. The van der Waals surface area contributed by atoms with Crippen molar-refractivity contribution in [3.63, 3.8) is 0 Å². The topological polar surface area (TPSA) is 91.8 Å². The number of nitrogens with one attached hydrogen (secondary N) is 3. The molecule has 0 aliphatic heterocycles. The molecule has 0 bridgehead atoms. The van der Waals surface area contributed by atoms with Crippen LogP contribution in [0.3, 0.4) is 0 Å². The molecule has 0 spiro atoms. The lowest BCUT2D eigenvalue weighted by Crippen LogP contribution is -2.39. The van der Waals surface area contributed by atoms with Gasteiger partial charge in [-0.2, -0.15) is 5.10 Å². The predicted molar refractivity (Wildman–Crippen MR) is 88.2 cm³/mol. The summed E-state index contributed by atoms with van der Waals surface area (Å²) in [5.41, 5.74) is 2.11. The lowest BCUT2D eigenvalue weighted by Gasteiger charge is -2.14. The minimum absolute atomic E-state index is 0.158. The second kappa shape index (κ2) is 7.62. The van der Waals surface area contributed by atoms with E-state index in [1.807, 2.05) is 43.8 Å². The number of carbonyl (C=O) groups excluding carboxylic acids is 1. The molecule has 0 aliphatic rings. The van der Waals surface area contributed by atoms with Crippen LogP contribution < -0.4 is 16.2 Å². The van der Waals surface area contributed by atoms with Crippen molar-refractivity contribution in [1.82, 2.24) is 25.4 Å². The summed E-state index contributed by atoms with van der Waals surface area (Å²) in [6.07, 6.45) is 3.62. The van der Waals surface area contributed by atoms with Crippen LogP contribution in [0.25, 0.3) is 0 Å². The molecule has 0 aromatic carbocycles. The zero-order valence-corrected chi connectivity index (χ0v) is 13.7. The second-order valence-electron chi connectivity index (χ2n) is 5.84. The van der Waals surface area contributed by atoms with Gasteiger partial charge in [0, 0.05) is 36.7 Å². The smallest absolute Gasteiger partial charge is 0.315 e. The summed E-state index contributed by atoms with van der Waals surface area (Å²) < 4.78 is 1.83. The van der Waals surface area contributed by atoms with Gasteiger partial charge >= 0.3 is 6.03 Å². The molecule has 3 N–H and O–H groups in total. The van der Waals surface area contributed by atoms with E-state index in [4.69, 9.17) is 0 Å².